The molecule has 0 radical (unpaired) electrons. The third kappa shape index (κ3) is 3.74. The lowest BCUT2D eigenvalue weighted by Crippen LogP contribution is -2.55. The van der Waals surface area contributed by atoms with Crippen molar-refractivity contribution in [3.8, 4) is 0 Å². The lowest BCUT2D eigenvalue weighted by molar-refractivity contribution is -0.163. The fraction of sp³-hybridized carbons (Fsp3) is 0.818. The summed E-state index contributed by atoms with van der Waals surface area (Å²) in [5.41, 5.74) is 0. The molecule has 0 aromatic carbocycles. The van der Waals surface area contributed by atoms with Crippen LogP contribution in [0.25, 0.3) is 0 Å². The van der Waals surface area contributed by atoms with Crippen LogP contribution in [0.1, 0.15) is 19.3 Å². The number of fused-ring (bicyclic) bond motifs is 1. The minimum atomic E-state index is -4.51. The highest BCUT2D eigenvalue weighted by Crippen LogP contribution is 2.26. The summed E-state index contributed by atoms with van der Waals surface area (Å²) in [6.45, 7) is -0.924. The van der Waals surface area contributed by atoms with Crippen LogP contribution in [-0.2, 0) is 9.53 Å². The smallest absolute Gasteiger partial charge is 0.422 e. The highest BCUT2D eigenvalue weighted by Gasteiger charge is 2.37. The molecular formula is C11H15F3N2O3. The maximum absolute atomic E-state index is 12.0. The number of ether oxygens (including phenoxy) is 1. The second-order valence-electron chi connectivity index (χ2n) is 4.88. The van der Waals surface area contributed by atoms with E-state index in [2.05, 4.69) is 10.1 Å². The summed E-state index contributed by atoms with van der Waals surface area (Å²) in [5, 5.41) is 2.84. The molecule has 2 aliphatic heterocycles. The predicted molar refractivity (Wildman–Crippen MR) is 58.2 cm³/mol. The number of amides is 2. The van der Waals surface area contributed by atoms with Crippen LogP contribution in [0, 0.1) is 5.92 Å². The summed E-state index contributed by atoms with van der Waals surface area (Å²) in [6, 6.07) is 0.0212. The first-order valence-corrected chi connectivity index (χ1v) is 6.13. The van der Waals surface area contributed by atoms with Crippen molar-refractivity contribution in [2.45, 2.75) is 31.5 Å². The lowest BCUT2D eigenvalue weighted by Gasteiger charge is -2.40. The highest BCUT2D eigenvalue weighted by atomic mass is 19.4. The maximum atomic E-state index is 12.0. The molecule has 0 aliphatic carbocycles. The minimum absolute atomic E-state index is 0.00523. The third-order valence-corrected chi connectivity index (χ3v) is 3.44. The van der Waals surface area contributed by atoms with Gasteiger partial charge in [-0.15, -0.1) is 0 Å². The molecule has 1 N–H and O–H groups in total. The molecule has 108 valence electrons. The van der Waals surface area contributed by atoms with Crippen LogP contribution < -0.4 is 5.32 Å². The number of halogens is 3. The molecule has 0 aromatic heterocycles. The van der Waals surface area contributed by atoms with Crippen LogP contribution in [-0.4, -0.2) is 48.8 Å². The summed E-state index contributed by atoms with van der Waals surface area (Å²) < 4.78 is 40.1. The van der Waals surface area contributed by atoms with Crippen molar-refractivity contribution >= 4 is 12.0 Å². The molecule has 2 aliphatic rings. The van der Waals surface area contributed by atoms with E-state index >= 15 is 0 Å². The van der Waals surface area contributed by atoms with E-state index in [1.807, 2.05) is 0 Å². The fourth-order valence-electron chi connectivity index (χ4n) is 2.51. The van der Waals surface area contributed by atoms with E-state index in [4.69, 9.17) is 0 Å². The van der Waals surface area contributed by atoms with E-state index in [1.54, 1.807) is 0 Å². The summed E-state index contributed by atoms with van der Waals surface area (Å²) >= 11 is 0. The van der Waals surface area contributed by atoms with Crippen LogP contribution in [0.3, 0.4) is 0 Å². The third-order valence-electron chi connectivity index (χ3n) is 3.44. The molecule has 2 fully saturated rings. The van der Waals surface area contributed by atoms with Crippen LogP contribution in [0.15, 0.2) is 0 Å². The maximum Gasteiger partial charge on any atom is 0.422 e. The van der Waals surface area contributed by atoms with E-state index in [-0.39, 0.29) is 17.9 Å². The molecule has 2 heterocycles. The zero-order valence-electron chi connectivity index (χ0n) is 10.2. The number of hydrogen-bond acceptors (Lipinski definition) is 3. The molecule has 0 aromatic rings. The van der Waals surface area contributed by atoms with Gasteiger partial charge < -0.3 is 15.0 Å². The quantitative estimate of drug-likeness (QED) is 0.787. The van der Waals surface area contributed by atoms with Crippen LogP contribution in [0.2, 0.25) is 0 Å². The molecule has 2 rings (SSSR count). The van der Waals surface area contributed by atoms with Gasteiger partial charge in [0.25, 0.3) is 0 Å². The van der Waals surface area contributed by atoms with Gasteiger partial charge in [0.1, 0.15) is 0 Å². The number of likely N-dealkylation sites (tertiary alicyclic amines) is 1. The number of hydrogen-bond donors (Lipinski definition) is 1. The van der Waals surface area contributed by atoms with E-state index in [9.17, 15) is 22.8 Å². The fourth-order valence-corrected chi connectivity index (χ4v) is 2.51. The van der Waals surface area contributed by atoms with Crippen molar-refractivity contribution in [1.29, 1.82) is 0 Å². The Morgan fingerprint density at radius 3 is 2.84 bits per heavy atom. The summed E-state index contributed by atoms with van der Waals surface area (Å²) in [7, 11) is 0. The van der Waals surface area contributed by atoms with Crippen molar-refractivity contribution in [1.82, 2.24) is 10.2 Å². The highest BCUT2D eigenvalue weighted by molar-refractivity contribution is 5.77. The Morgan fingerprint density at radius 1 is 1.42 bits per heavy atom. The normalized spacial score (nSPS) is 27.5. The molecule has 0 saturated carbocycles. The number of piperidine rings is 2. The van der Waals surface area contributed by atoms with Gasteiger partial charge >= 0.3 is 12.3 Å². The van der Waals surface area contributed by atoms with Gasteiger partial charge in [-0.1, -0.05) is 0 Å². The van der Waals surface area contributed by atoms with Gasteiger partial charge in [0, 0.05) is 25.6 Å². The Balaban J connectivity index is 1.83. The molecule has 8 heteroatoms. The predicted octanol–water partition coefficient (Wildman–Crippen LogP) is 1.29. The van der Waals surface area contributed by atoms with Crippen molar-refractivity contribution in [3.63, 3.8) is 0 Å². The standard InChI is InChI=1S/C11H15F3N2O3/c12-11(13,14)6-19-10(18)16-4-3-8-7(5-16)1-2-9(17)15-8/h7-8H,1-6H2,(H,15,17). The molecule has 19 heavy (non-hydrogen) atoms. The first-order chi connectivity index (χ1) is 8.85. The van der Waals surface area contributed by atoms with Crippen LogP contribution in [0.5, 0.6) is 0 Å². The minimum Gasteiger partial charge on any atom is -0.440 e. The molecule has 5 nitrogen and oxygen atoms in total. The monoisotopic (exact) mass is 280 g/mol. The topological polar surface area (TPSA) is 58.6 Å². The SMILES string of the molecule is O=C1CCC2CN(C(=O)OCC(F)(F)F)CCC2N1. The van der Waals surface area contributed by atoms with Crippen molar-refractivity contribution < 1.29 is 27.5 Å². The lowest BCUT2D eigenvalue weighted by atomic mass is 9.85. The zero-order valence-corrected chi connectivity index (χ0v) is 10.2. The average molecular weight is 280 g/mol. The van der Waals surface area contributed by atoms with Crippen molar-refractivity contribution in [2.24, 2.45) is 5.92 Å². The molecule has 0 bridgehead atoms. The average Bonchev–Trinajstić information content (AvgIpc) is 2.34. The second-order valence-corrected chi connectivity index (χ2v) is 4.88. The summed E-state index contributed by atoms with van der Waals surface area (Å²) in [6.07, 6.45) is -3.84. The van der Waals surface area contributed by atoms with Gasteiger partial charge in [-0.3, -0.25) is 4.79 Å². The first-order valence-electron chi connectivity index (χ1n) is 6.13. The first kappa shape index (κ1) is 14.0. The van der Waals surface area contributed by atoms with Crippen LogP contribution in [0.4, 0.5) is 18.0 Å². The number of carbonyl (C=O) groups is 2. The van der Waals surface area contributed by atoms with Gasteiger partial charge in [0.2, 0.25) is 5.91 Å². The molecule has 2 amide bonds. The second kappa shape index (κ2) is 5.26. The summed E-state index contributed by atoms with van der Waals surface area (Å²) in [4.78, 5) is 24.0. The Bertz CT molecular complexity index is 373. The number of nitrogens with zero attached hydrogens (tertiary/aromatic N) is 1. The molecular weight excluding hydrogens is 265 g/mol. The molecule has 0 spiro atoms. The van der Waals surface area contributed by atoms with E-state index in [0.717, 1.165) is 0 Å². The van der Waals surface area contributed by atoms with Gasteiger partial charge in [-0.05, 0) is 18.8 Å². The van der Waals surface area contributed by atoms with Crippen LogP contribution >= 0.6 is 0 Å². The zero-order chi connectivity index (χ0) is 14.0. The summed E-state index contributed by atoms with van der Waals surface area (Å²) in [5.74, 6) is 0.0965. The molecule has 2 atom stereocenters. The van der Waals surface area contributed by atoms with E-state index in [0.29, 0.717) is 32.4 Å². The number of alkyl halides is 3. The van der Waals surface area contributed by atoms with E-state index < -0.39 is 18.9 Å². The van der Waals surface area contributed by atoms with Gasteiger partial charge in [0.05, 0.1) is 0 Å². The Labute approximate surface area is 108 Å². The van der Waals surface area contributed by atoms with Gasteiger partial charge in [-0.25, -0.2) is 4.79 Å². The van der Waals surface area contributed by atoms with Crippen molar-refractivity contribution in [3.05, 3.63) is 0 Å². The van der Waals surface area contributed by atoms with Gasteiger partial charge in [0.15, 0.2) is 6.61 Å². The Kier molecular flexibility index (Phi) is 3.86. The molecule has 2 saturated heterocycles. The van der Waals surface area contributed by atoms with E-state index in [1.165, 1.54) is 4.90 Å². The number of carbonyl (C=O) groups excluding carboxylic acids is 2. The Morgan fingerprint density at radius 2 is 2.16 bits per heavy atom. The Hall–Kier alpha value is -1.47. The number of nitrogens with one attached hydrogen (secondary N) is 1. The van der Waals surface area contributed by atoms with Crippen molar-refractivity contribution in [2.75, 3.05) is 19.7 Å². The largest absolute Gasteiger partial charge is 0.440 e. The number of rotatable bonds is 1. The molecule has 2 unspecified atom stereocenters. The van der Waals surface area contributed by atoms with Gasteiger partial charge in [-0.2, -0.15) is 13.2 Å².